The molecule has 0 unspecified atom stereocenters. The van der Waals surface area contributed by atoms with Gasteiger partial charge in [-0.15, -0.1) is 0 Å². The highest BCUT2D eigenvalue weighted by Gasteiger charge is 2.70. The number of nitrogens with zero attached hydrogens (tertiary/aromatic N) is 3. The lowest BCUT2D eigenvalue weighted by Crippen LogP contribution is -2.53. The summed E-state index contributed by atoms with van der Waals surface area (Å²) in [6.07, 6.45) is -2.73. The van der Waals surface area contributed by atoms with Gasteiger partial charge in [-0.1, -0.05) is 53.1 Å². The van der Waals surface area contributed by atoms with E-state index < -0.39 is 87.2 Å². The number of hydrogen-bond donors (Lipinski definition) is 3. The number of halogens is 5. The van der Waals surface area contributed by atoms with Crippen LogP contribution in [-0.2, 0) is 30.8 Å². The van der Waals surface area contributed by atoms with Gasteiger partial charge in [0.25, 0.3) is 11.8 Å². The number of rotatable bonds is 5. The first-order valence-electron chi connectivity index (χ1n) is 15.5. The lowest BCUT2D eigenvalue weighted by Gasteiger charge is -2.50. The van der Waals surface area contributed by atoms with Crippen LogP contribution in [0.2, 0.25) is 10.0 Å². The number of pyridine rings is 1. The number of nitrogens with two attached hydrogens (primary N) is 1. The summed E-state index contributed by atoms with van der Waals surface area (Å²) in [5.74, 6) is -9.22. The number of alkyl halides is 3. The van der Waals surface area contributed by atoms with E-state index >= 15 is 4.79 Å². The predicted molar refractivity (Wildman–Crippen MR) is 173 cm³/mol. The van der Waals surface area contributed by atoms with Crippen molar-refractivity contribution in [1.29, 1.82) is 0 Å². The number of phenolic OH excluding ortho intramolecular Hbond substituents is 1. The number of likely N-dealkylation sites (tertiary alicyclic amines) is 1. The first-order chi connectivity index (χ1) is 24.1. The Bertz CT molecular complexity index is 2080. The molecule has 6 atom stereocenters. The molecule has 6 amide bonds. The first-order valence-corrected chi connectivity index (χ1v) is 16.2. The number of fused-ring (bicyclic) bond motifs is 4. The van der Waals surface area contributed by atoms with Gasteiger partial charge >= 0.3 is 12.2 Å². The number of phenols is 1. The standard InChI is InChI=1S/C34H26Cl2F3N5O7/c1-51-24-9-2-14(10-23(24)45)26-18-7-8-19-25(30(48)43(28(19)46)32(40)50)20(18)12-21-29(47)44(31(49)33(21,26)15-3-5-17(35)6-4-15)42-27-22(36)11-16(13-41-27)34(37,38)39/h2-7,9-11,13,19-21,25-26,45H,8,12H2,1H3,(H2,40,50)(H,41,42)/t19-,20+,21-,25-,26-,33+/m0/s1. The molecular weight excluding hydrogens is 718 g/mol. The van der Waals surface area contributed by atoms with E-state index in [9.17, 15) is 37.5 Å². The van der Waals surface area contributed by atoms with E-state index in [1.165, 1.54) is 31.4 Å². The number of carbonyl (C=O) groups excluding carboxylic acids is 5. The molecule has 3 heterocycles. The van der Waals surface area contributed by atoms with Crippen molar-refractivity contribution < 1.29 is 47.0 Å². The third-order valence-corrected chi connectivity index (χ3v) is 10.9. The van der Waals surface area contributed by atoms with Crippen LogP contribution >= 0.6 is 23.2 Å². The summed E-state index contributed by atoms with van der Waals surface area (Å²) in [4.78, 5) is 73.1. The molecule has 0 spiro atoms. The highest BCUT2D eigenvalue weighted by molar-refractivity contribution is 6.33. The topological polar surface area (TPSA) is 172 Å². The van der Waals surface area contributed by atoms with Crippen LogP contribution in [0.5, 0.6) is 11.5 Å². The summed E-state index contributed by atoms with van der Waals surface area (Å²) in [5.41, 5.74) is 6.12. The Morgan fingerprint density at radius 1 is 1.04 bits per heavy atom. The molecule has 17 heteroatoms. The zero-order chi connectivity index (χ0) is 36.7. The van der Waals surface area contributed by atoms with Crippen LogP contribution < -0.4 is 15.9 Å². The zero-order valence-electron chi connectivity index (χ0n) is 26.3. The number of imide groups is 4. The van der Waals surface area contributed by atoms with Crippen molar-refractivity contribution in [1.82, 2.24) is 14.9 Å². The molecule has 2 aliphatic heterocycles. The maximum absolute atomic E-state index is 15.1. The number of allylic oxidation sites excluding steroid dienone is 2. The molecule has 0 bridgehead atoms. The van der Waals surface area contributed by atoms with E-state index in [1.54, 1.807) is 24.3 Å². The summed E-state index contributed by atoms with van der Waals surface area (Å²) in [6, 6.07) is 9.95. The number of urea groups is 1. The molecule has 3 fully saturated rings. The molecule has 1 aromatic heterocycles. The zero-order valence-corrected chi connectivity index (χ0v) is 27.8. The maximum Gasteiger partial charge on any atom is 0.417 e. The minimum absolute atomic E-state index is 0.0000376. The van der Waals surface area contributed by atoms with Crippen molar-refractivity contribution in [2.75, 3.05) is 12.5 Å². The van der Waals surface area contributed by atoms with E-state index in [-0.39, 0.29) is 24.3 Å². The van der Waals surface area contributed by atoms with Crippen LogP contribution in [0, 0.1) is 23.7 Å². The first kappa shape index (κ1) is 34.3. The second-order valence-corrected chi connectivity index (χ2v) is 13.5. The van der Waals surface area contributed by atoms with Crippen LogP contribution in [0.1, 0.15) is 35.4 Å². The number of hydrazine groups is 1. The summed E-state index contributed by atoms with van der Waals surface area (Å²) in [5, 5.41) is 11.4. The number of ether oxygens (including phenoxy) is 1. The number of methoxy groups -OCH3 is 1. The molecule has 4 N–H and O–H groups in total. The van der Waals surface area contributed by atoms with Crippen molar-refractivity contribution in [2.24, 2.45) is 29.4 Å². The third-order valence-electron chi connectivity index (χ3n) is 10.3. The predicted octanol–water partition coefficient (Wildman–Crippen LogP) is 5.19. The van der Waals surface area contributed by atoms with Gasteiger partial charge in [-0.05, 0) is 60.2 Å². The molecule has 4 aliphatic rings. The van der Waals surface area contributed by atoms with Crippen molar-refractivity contribution in [3.05, 3.63) is 93.1 Å². The molecule has 2 aromatic carbocycles. The molecule has 51 heavy (non-hydrogen) atoms. The average molecular weight is 745 g/mol. The molecule has 2 aliphatic carbocycles. The lowest BCUT2D eigenvalue weighted by molar-refractivity contribution is -0.140. The molecule has 264 valence electrons. The minimum atomic E-state index is -4.77. The fourth-order valence-electron chi connectivity index (χ4n) is 8.26. The molecular formula is C34H26Cl2F3N5O7. The average Bonchev–Trinajstić information content (AvgIpc) is 3.46. The van der Waals surface area contributed by atoms with Crippen LogP contribution in [0.3, 0.4) is 0 Å². The van der Waals surface area contributed by atoms with E-state index in [0.29, 0.717) is 43.9 Å². The van der Waals surface area contributed by atoms with E-state index in [0.717, 1.165) is 0 Å². The Balaban J connectivity index is 1.45. The number of hydrogen-bond acceptors (Lipinski definition) is 9. The van der Waals surface area contributed by atoms with Gasteiger partial charge < -0.3 is 15.6 Å². The Labute approximate surface area is 296 Å². The van der Waals surface area contributed by atoms with Gasteiger partial charge in [0.2, 0.25) is 11.8 Å². The van der Waals surface area contributed by atoms with Gasteiger partial charge in [0.15, 0.2) is 17.3 Å². The number of aromatic nitrogens is 1. The van der Waals surface area contributed by atoms with Crippen molar-refractivity contribution in [3.63, 3.8) is 0 Å². The van der Waals surface area contributed by atoms with Crippen LogP contribution in [0.25, 0.3) is 0 Å². The SMILES string of the molecule is COc1ccc([C@H]2C3=CC[C@@H]4C(=O)N(C(N)=O)C(=O)[C@@H]4[C@@H]3C[C@H]3C(=O)N(Nc4ncc(C(F)(F)F)cc4Cl)C(=O)[C@@]23c2ccc(Cl)cc2)cc1O. The van der Waals surface area contributed by atoms with Gasteiger partial charge in [0.05, 0.1) is 40.9 Å². The third kappa shape index (κ3) is 5.04. The Kier molecular flexibility index (Phi) is 8.06. The second kappa shape index (κ2) is 12.0. The van der Waals surface area contributed by atoms with Crippen molar-refractivity contribution in [3.8, 4) is 11.5 Å². The summed E-state index contributed by atoms with van der Waals surface area (Å²) < 4.78 is 45.4. The fourth-order valence-corrected chi connectivity index (χ4v) is 8.60. The quantitative estimate of drug-likeness (QED) is 0.235. The molecule has 7 rings (SSSR count). The maximum atomic E-state index is 15.1. The second-order valence-electron chi connectivity index (χ2n) is 12.7. The molecule has 0 radical (unpaired) electrons. The van der Waals surface area contributed by atoms with Crippen molar-refractivity contribution in [2.45, 2.75) is 30.4 Å². The number of carbonyl (C=O) groups is 5. The van der Waals surface area contributed by atoms with E-state index in [4.69, 9.17) is 33.7 Å². The fraction of sp³-hybridized carbons (Fsp3) is 0.294. The van der Waals surface area contributed by atoms with Gasteiger partial charge in [-0.3, -0.25) is 24.6 Å². The monoisotopic (exact) mass is 743 g/mol. The lowest BCUT2D eigenvalue weighted by atomic mass is 9.49. The highest BCUT2D eigenvalue weighted by Crippen LogP contribution is 2.64. The van der Waals surface area contributed by atoms with Crippen LogP contribution in [0.15, 0.2) is 66.4 Å². The highest BCUT2D eigenvalue weighted by atomic mass is 35.5. The number of amides is 6. The molecule has 2 saturated heterocycles. The molecule has 3 aromatic rings. The molecule has 1 saturated carbocycles. The Morgan fingerprint density at radius 2 is 1.75 bits per heavy atom. The van der Waals surface area contributed by atoms with Crippen LogP contribution in [-0.4, -0.2) is 56.8 Å². The van der Waals surface area contributed by atoms with Gasteiger partial charge in [-0.2, -0.15) is 23.1 Å². The van der Waals surface area contributed by atoms with E-state index in [2.05, 4.69) is 10.4 Å². The largest absolute Gasteiger partial charge is 0.504 e. The summed E-state index contributed by atoms with van der Waals surface area (Å²) >= 11 is 12.4. The number of nitrogens with one attached hydrogen (secondary N) is 1. The van der Waals surface area contributed by atoms with E-state index in [1.807, 2.05) is 0 Å². The van der Waals surface area contributed by atoms with Gasteiger partial charge in [0.1, 0.15) is 0 Å². The summed E-state index contributed by atoms with van der Waals surface area (Å²) in [7, 11) is 1.34. The smallest absolute Gasteiger partial charge is 0.417 e. The summed E-state index contributed by atoms with van der Waals surface area (Å²) in [6.45, 7) is 0. The minimum Gasteiger partial charge on any atom is -0.504 e. The number of benzene rings is 2. The number of anilines is 1. The Morgan fingerprint density at radius 3 is 2.35 bits per heavy atom. The molecule has 12 nitrogen and oxygen atoms in total. The van der Waals surface area contributed by atoms with Crippen LogP contribution in [0.4, 0.5) is 23.8 Å². The van der Waals surface area contributed by atoms with Gasteiger partial charge in [-0.25, -0.2) is 9.78 Å². The number of aromatic hydroxyl groups is 1. The van der Waals surface area contributed by atoms with Crippen molar-refractivity contribution >= 4 is 58.7 Å². The Hall–Kier alpha value is -5.15. The number of primary amides is 1. The normalized spacial score (nSPS) is 27.2. The van der Waals surface area contributed by atoms with Gasteiger partial charge in [0, 0.05) is 17.1 Å².